The summed E-state index contributed by atoms with van der Waals surface area (Å²) in [5.41, 5.74) is 1.29. The van der Waals surface area contributed by atoms with Crippen molar-refractivity contribution in [1.82, 2.24) is 4.90 Å². The van der Waals surface area contributed by atoms with Gasteiger partial charge in [-0.2, -0.15) is 13.2 Å². The van der Waals surface area contributed by atoms with Crippen molar-refractivity contribution < 1.29 is 32.4 Å². The first-order valence-corrected chi connectivity index (χ1v) is 11.8. The van der Waals surface area contributed by atoms with Gasteiger partial charge in [0.15, 0.2) is 11.5 Å². The van der Waals surface area contributed by atoms with Crippen LogP contribution in [0.15, 0.2) is 54.6 Å². The molecular formula is C27H26F3N3O5. The highest BCUT2D eigenvalue weighted by Gasteiger charge is 2.34. The zero-order valence-electron chi connectivity index (χ0n) is 20.8. The van der Waals surface area contributed by atoms with Crippen molar-refractivity contribution in [3.8, 4) is 11.5 Å². The van der Waals surface area contributed by atoms with Crippen molar-refractivity contribution in [3.05, 3.63) is 92.5 Å². The van der Waals surface area contributed by atoms with Crippen LogP contribution < -0.4 is 14.8 Å². The quantitative estimate of drug-likeness (QED) is 0.307. The summed E-state index contributed by atoms with van der Waals surface area (Å²) in [6, 6.07) is 12.9. The summed E-state index contributed by atoms with van der Waals surface area (Å²) in [6.45, 7) is 2.51. The number of nitro benzene ring substituents is 1. The number of hydrogen-bond acceptors (Lipinski definition) is 6. The smallest absolute Gasteiger partial charge is 0.416 e. The molecule has 11 heteroatoms. The van der Waals surface area contributed by atoms with E-state index in [1.165, 1.54) is 11.1 Å². The third kappa shape index (κ3) is 6.05. The fraction of sp³-hybridized carbons (Fsp3) is 0.296. The van der Waals surface area contributed by atoms with E-state index in [4.69, 9.17) is 9.47 Å². The summed E-state index contributed by atoms with van der Waals surface area (Å²) in [6.07, 6.45) is -3.09. The molecule has 3 aromatic rings. The fourth-order valence-electron chi connectivity index (χ4n) is 4.42. The van der Waals surface area contributed by atoms with Gasteiger partial charge in [0.1, 0.15) is 5.56 Å². The molecule has 0 unspecified atom stereocenters. The number of rotatable bonds is 8. The Kier molecular flexibility index (Phi) is 7.86. The highest BCUT2D eigenvalue weighted by molar-refractivity contribution is 6.07. The minimum atomic E-state index is -4.76. The third-order valence-corrected chi connectivity index (χ3v) is 6.49. The lowest BCUT2D eigenvalue weighted by atomic mass is 9.98. The van der Waals surface area contributed by atoms with E-state index < -0.39 is 33.8 Å². The van der Waals surface area contributed by atoms with E-state index in [1.54, 1.807) is 26.4 Å². The Balaban J connectivity index is 1.37. The Morgan fingerprint density at radius 3 is 2.29 bits per heavy atom. The maximum atomic E-state index is 12.9. The second-order valence-corrected chi connectivity index (χ2v) is 8.89. The number of ether oxygens (including phenoxy) is 2. The minimum Gasteiger partial charge on any atom is -0.493 e. The molecule has 1 aliphatic rings. The highest BCUT2D eigenvalue weighted by Crippen LogP contribution is 2.34. The molecule has 0 bridgehead atoms. The molecule has 0 fully saturated rings. The molecule has 200 valence electrons. The van der Waals surface area contributed by atoms with Crippen LogP contribution in [-0.2, 0) is 25.6 Å². The van der Waals surface area contributed by atoms with Crippen molar-refractivity contribution in [2.24, 2.45) is 0 Å². The van der Waals surface area contributed by atoms with Crippen LogP contribution in [0.3, 0.4) is 0 Å². The van der Waals surface area contributed by atoms with Crippen molar-refractivity contribution in [2.75, 3.05) is 32.6 Å². The predicted molar refractivity (Wildman–Crippen MR) is 135 cm³/mol. The molecule has 0 aromatic heterocycles. The van der Waals surface area contributed by atoms with Gasteiger partial charge in [-0.05, 0) is 65.9 Å². The Bertz CT molecular complexity index is 1340. The van der Waals surface area contributed by atoms with Gasteiger partial charge >= 0.3 is 6.18 Å². The van der Waals surface area contributed by atoms with Crippen LogP contribution in [0.1, 0.15) is 32.6 Å². The molecule has 0 aliphatic carbocycles. The predicted octanol–water partition coefficient (Wildman–Crippen LogP) is 5.48. The van der Waals surface area contributed by atoms with Crippen LogP contribution in [0.25, 0.3) is 0 Å². The lowest BCUT2D eigenvalue weighted by Gasteiger charge is -2.29. The number of carbonyl (C=O) groups is 1. The van der Waals surface area contributed by atoms with Crippen molar-refractivity contribution >= 4 is 17.3 Å². The average Bonchev–Trinajstić information content (AvgIpc) is 2.90. The molecule has 0 atom stereocenters. The number of nitrogens with zero attached hydrogens (tertiary/aromatic N) is 2. The maximum Gasteiger partial charge on any atom is 0.416 e. The number of alkyl halides is 3. The van der Waals surface area contributed by atoms with Gasteiger partial charge in [0.25, 0.3) is 11.6 Å². The minimum absolute atomic E-state index is 0.365. The van der Waals surface area contributed by atoms with E-state index in [2.05, 4.69) is 10.2 Å². The summed E-state index contributed by atoms with van der Waals surface area (Å²) in [5.74, 6) is 0.560. The molecule has 1 amide bonds. The van der Waals surface area contributed by atoms with Gasteiger partial charge in [-0.25, -0.2) is 0 Å². The van der Waals surface area contributed by atoms with Crippen molar-refractivity contribution in [2.45, 2.75) is 25.6 Å². The molecule has 4 rings (SSSR count). The largest absolute Gasteiger partial charge is 0.493 e. The number of fused-ring (bicyclic) bond motifs is 1. The van der Waals surface area contributed by atoms with Crippen LogP contribution in [-0.4, -0.2) is 43.0 Å². The third-order valence-electron chi connectivity index (χ3n) is 6.49. The summed E-state index contributed by atoms with van der Waals surface area (Å²) in [5, 5.41) is 13.8. The molecule has 1 heterocycles. The number of benzene rings is 3. The molecule has 8 nitrogen and oxygen atoms in total. The number of nitrogens with one attached hydrogen (secondary N) is 1. The first-order chi connectivity index (χ1) is 18.1. The van der Waals surface area contributed by atoms with Gasteiger partial charge in [-0.1, -0.05) is 12.1 Å². The van der Waals surface area contributed by atoms with Crippen LogP contribution in [0.4, 0.5) is 24.5 Å². The molecular weight excluding hydrogens is 503 g/mol. The van der Waals surface area contributed by atoms with Crippen LogP contribution in [0, 0.1) is 10.1 Å². The van der Waals surface area contributed by atoms with Crippen LogP contribution in [0.5, 0.6) is 11.5 Å². The molecule has 0 radical (unpaired) electrons. The molecule has 38 heavy (non-hydrogen) atoms. The number of carbonyl (C=O) groups excluding carboxylic acids is 1. The van der Waals surface area contributed by atoms with Gasteiger partial charge < -0.3 is 14.8 Å². The number of hydrogen-bond donors (Lipinski definition) is 1. The number of amides is 1. The summed E-state index contributed by atoms with van der Waals surface area (Å²) in [7, 11) is 3.23. The first-order valence-electron chi connectivity index (χ1n) is 11.8. The fourth-order valence-corrected chi connectivity index (χ4v) is 4.42. The van der Waals surface area contributed by atoms with Gasteiger partial charge in [-0.15, -0.1) is 0 Å². The lowest BCUT2D eigenvalue weighted by Crippen LogP contribution is -2.32. The normalized spacial score (nSPS) is 13.5. The average molecular weight is 530 g/mol. The van der Waals surface area contributed by atoms with Crippen molar-refractivity contribution in [3.63, 3.8) is 0 Å². The molecule has 3 aromatic carbocycles. The highest BCUT2D eigenvalue weighted by atomic mass is 19.4. The topological polar surface area (TPSA) is 93.9 Å². The maximum absolute atomic E-state index is 12.9. The van der Waals surface area contributed by atoms with Gasteiger partial charge in [0.05, 0.1) is 24.7 Å². The molecule has 1 aliphatic heterocycles. The summed E-state index contributed by atoms with van der Waals surface area (Å²) >= 11 is 0. The SMILES string of the molecule is COc1cc2c(cc1OC)CN(CCc1ccc(NC(=O)c3ccc(C(F)(F)F)cc3[N+](=O)[O-])cc1)CC2. The molecule has 0 spiro atoms. The standard InChI is InChI=1S/C27H26F3N3O5/c1-37-24-13-18-10-12-32(16-19(18)14-25(24)38-2)11-9-17-3-6-21(7-4-17)31-26(34)22-8-5-20(27(28,29)30)15-23(22)33(35)36/h3-8,13-15H,9-12,16H2,1-2H3,(H,31,34). The summed E-state index contributed by atoms with van der Waals surface area (Å²) < 4.78 is 49.6. The lowest BCUT2D eigenvalue weighted by molar-refractivity contribution is -0.385. The van der Waals surface area contributed by atoms with E-state index >= 15 is 0 Å². The number of methoxy groups -OCH3 is 2. The molecule has 0 saturated heterocycles. The van der Waals surface area contributed by atoms with Gasteiger partial charge in [0.2, 0.25) is 0 Å². The Morgan fingerprint density at radius 1 is 1.03 bits per heavy atom. The monoisotopic (exact) mass is 529 g/mol. The van der Waals surface area contributed by atoms with Gasteiger partial charge in [0, 0.05) is 31.4 Å². The van der Waals surface area contributed by atoms with E-state index in [-0.39, 0.29) is 0 Å². The Morgan fingerprint density at radius 2 is 1.68 bits per heavy atom. The van der Waals surface area contributed by atoms with E-state index in [9.17, 15) is 28.1 Å². The Hall–Kier alpha value is -4.12. The molecule has 0 saturated carbocycles. The summed E-state index contributed by atoms with van der Waals surface area (Å²) in [4.78, 5) is 25.2. The van der Waals surface area contributed by atoms with E-state index in [0.717, 1.165) is 49.9 Å². The zero-order valence-corrected chi connectivity index (χ0v) is 20.8. The van der Waals surface area contributed by atoms with E-state index in [0.29, 0.717) is 23.6 Å². The Labute approximate surface area is 217 Å². The van der Waals surface area contributed by atoms with Crippen LogP contribution in [0.2, 0.25) is 0 Å². The molecule has 1 N–H and O–H groups in total. The van der Waals surface area contributed by atoms with Gasteiger partial charge in [-0.3, -0.25) is 19.8 Å². The number of halogens is 3. The first kappa shape index (κ1) is 26.9. The second kappa shape index (κ2) is 11.1. The zero-order chi connectivity index (χ0) is 27.4. The van der Waals surface area contributed by atoms with Crippen LogP contribution >= 0.6 is 0 Å². The van der Waals surface area contributed by atoms with E-state index in [1.807, 2.05) is 24.3 Å². The number of nitro groups is 1. The second-order valence-electron chi connectivity index (χ2n) is 8.89. The number of anilines is 1. The van der Waals surface area contributed by atoms with Crippen molar-refractivity contribution in [1.29, 1.82) is 0 Å².